The first-order valence-electron chi connectivity index (χ1n) is 3.94. The molecule has 0 aliphatic heterocycles. The third-order valence-corrected chi connectivity index (χ3v) is 2.79. The molecule has 0 fully saturated rings. The Kier molecular flexibility index (Phi) is 3.26. The monoisotopic (exact) mass is 197 g/mol. The number of nitrogens with zero attached hydrogens (tertiary/aromatic N) is 1. The zero-order valence-electron chi connectivity index (χ0n) is 7.94. The molecule has 0 atom stereocenters. The zero-order valence-corrected chi connectivity index (χ0v) is 8.84. The van der Waals surface area contributed by atoms with Crippen LogP contribution in [0.3, 0.4) is 0 Å². The molecule has 0 aromatic heterocycles. The molecular formula is C9H12NO2P-2. The van der Waals surface area contributed by atoms with Crippen molar-refractivity contribution in [3.05, 3.63) is 23.8 Å². The van der Waals surface area contributed by atoms with E-state index in [1.165, 1.54) is 0 Å². The number of anilines is 1. The van der Waals surface area contributed by atoms with E-state index in [4.69, 9.17) is 0 Å². The van der Waals surface area contributed by atoms with Crippen molar-refractivity contribution in [1.82, 2.24) is 0 Å². The Morgan fingerprint density at radius 3 is 2.23 bits per heavy atom. The highest BCUT2D eigenvalue weighted by molar-refractivity contribution is 7.51. The Morgan fingerprint density at radius 2 is 1.85 bits per heavy atom. The zero-order chi connectivity index (χ0) is 10.0. The van der Waals surface area contributed by atoms with Crippen molar-refractivity contribution in [3.8, 4) is 0 Å². The fourth-order valence-electron chi connectivity index (χ4n) is 1.12. The van der Waals surface area contributed by atoms with Crippen LogP contribution in [0, 0.1) is 6.92 Å². The highest BCUT2D eigenvalue weighted by Gasteiger charge is 1.98. The predicted octanol–water partition coefficient (Wildman–Crippen LogP) is -0.281. The van der Waals surface area contributed by atoms with Gasteiger partial charge in [-0.1, -0.05) is 11.4 Å². The molecule has 72 valence electrons. The number of hydrogen-bond acceptors (Lipinski definition) is 3. The Morgan fingerprint density at radius 1 is 1.23 bits per heavy atom. The topological polar surface area (TPSA) is 49.4 Å². The van der Waals surface area contributed by atoms with Gasteiger partial charge in [-0.25, -0.2) is 0 Å². The van der Waals surface area contributed by atoms with Crippen molar-refractivity contribution >= 4 is 19.4 Å². The van der Waals surface area contributed by atoms with Crippen molar-refractivity contribution < 1.29 is 9.79 Å². The minimum Gasteiger partial charge on any atom is -0.838 e. The summed E-state index contributed by atoms with van der Waals surface area (Å²) in [5.41, 5.74) is 1.81. The summed E-state index contributed by atoms with van der Waals surface area (Å²) in [5, 5.41) is 0.403. The van der Waals surface area contributed by atoms with Gasteiger partial charge in [-0.15, -0.1) is 0 Å². The Hall–Kier alpha value is -0.630. The van der Waals surface area contributed by atoms with Crippen molar-refractivity contribution in [1.29, 1.82) is 0 Å². The maximum absolute atomic E-state index is 10.7. The Balaban J connectivity index is 3.06. The van der Waals surface area contributed by atoms with Gasteiger partial charge in [0, 0.05) is 19.8 Å². The average Bonchev–Trinajstić information content (AvgIpc) is 2.03. The fourth-order valence-corrected chi connectivity index (χ4v) is 1.67. The lowest BCUT2D eigenvalue weighted by Crippen LogP contribution is -2.22. The first-order valence-corrected chi connectivity index (χ1v) is 5.12. The van der Waals surface area contributed by atoms with Gasteiger partial charge in [0.25, 0.3) is 0 Å². The summed E-state index contributed by atoms with van der Waals surface area (Å²) in [5.74, 6) is 0. The molecule has 0 amide bonds. The molecule has 0 saturated carbocycles. The molecule has 1 rings (SSSR count). The maximum Gasteiger partial charge on any atom is 0.0364 e. The van der Waals surface area contributed by atoms with Gasteiger partial charge in [-0.05, 0) is 24.6 Å². The molecule has 0 radical (unpaired) electrons. The summed E-state index contributed by atoms with van der Waals surface area (Å²) in [6, 6.07) is 5.30. The first kappa shape index (κ1) is 10.5. The van der Waals surface area contributed by atoms with Gasteiger partial charge >= 0.3 is 0 Å². The summed E-state index contributed by atoms with van der Waals surface area (Å²) in [6.07, 6.45) is 0. The summed E-state index contributed by atoms with van der Waals surface area (Å²) >= 11 is 0. The van der Waals surface area contributed by atoms with E-state index in [-0.39, 0.29) is 0 Å². The number of aryl methyl sites for hydroxylation is 1. The van der Waals surface area contributed by atoms with Crippen LogP contribution in [-0.4, -0.2) is 14.1 Å². The summed E-state index contributed by atoms with van der Waals surface area (Å²) in [7, 11) is 1.38. The number of benzene rings is 1. The van der Waals surface area contributed by atoms with E-state index in [2.05, 4.69) is 0 Å². The van der Waals surface area contributed by atoms with Crippen molar-refractivity contribution in [2.45, 2.75) is 6.92 Å². The molecule has 1 aromatic rings. The smallest absolute Gasteiger partial charge is 0.0364 e. The van der Waals surface area contributed by atoms with E-state index in [1.54, 1.807) is 19.1 Å². The minimum atomic E-state index is -2.47. The molecule has 0 spiro atoms. The largest absolute Gasteiger partial charge is 0.838 e. The average molecular weight is 197 g/mol. The SMILES string of the molecule is Cc1cc(N(C)C)ccc1P([O-])[O-]. The molecule has 0 saturated heterocycles. The minimum absolute atomic E-state index is 0.403. The lowest BCUT2D eigenvalue weighted by atomic mass is 10.2. The Bertz CT molecular complexity index is 300. The van der Waals surface area contributed by atoms with Crippen LogP contribution in [0.1, 0.15) is 5.56 Å². The van der Waals surface area contributed by atoms with Gasteiger partial charge < -0.3 is 14.7 Å². The van der Waals surface area contributed by atoms with Gasteiger partial charge in [0.05, 0.1) is 0 Å². The lowest BCUT2D eigenvalue weighted by molar-refractivity contribution is -0.287. The second kappa shape index (κ2) is 4.05. The van der Waals surface area contributed by atoms with Crippen LogP contribution in [-0.2, 0) is 0 Å². The van der Waals surface area contributed by atoms with Crippen LogP contribution in [0.4, 0.5) is 5.69 Å². The fraction of sp³-hybridized carbons (Fsp3) is 0.333. The highest BCUT2D eigenvalue weighted by Crippen LogP contribution is 2.19. The molecule has 0 aliphatic rings. The molecule has 0 heterocycles. The number of rotatable bonds is 2. The normalized spacial score (nSPS) is 10.6. The first-order chi connectivity index (χ1) is 6.02. The quantitative estimate of drug-likeness (QED) is 0.612. The highest BCUT2D eigenvalue weighted by atomic mass is 31.2. The van der Waals surface area contributed by atoms with Gasteiger partial charge in [0.15, 0.2) is 0 Å². The third-order valence-electron chi connectivity index (χ3n) is 1.89. The Labute approximate surface area is 79.5 Å². The van der Waals surface area contributed by atoms with E-state index in [0.717, 1.165) is 11.3 Å². The lowest BCUT2D eigenvalue weighted by Gasteiger charge is -2.33. The second-order valence-electron chi connectivity index (χ2n) is 3.12. The van der Waals surface area contributed by atoms with Crippen LogP contribution in [0.2, 0.25) is 0 Å². The molecule has 0 bridgehead atoms. The van der Waals surface area contributed by atoms with E-state index in [9.17, 15) is 9.79 Å². The van der Waals surface area contributed by atoms with Gasteiger partial charge in [-0.2, -0.15) is 0 Å². The maximum atomic E-state index is 10.7. The standard InChI is InChI=1S/C9H12NO2P/c1-7-6-8(10(2)3)4-5-9(7)13(11)12/h4-6H,1-3H3/q-2. The van der Waals surface area contributed by atoms with Gasteiger partial charge in [0.2, 0.25) is 0 Å². The molecule has 4 heteroatoms. The van der Waals surface area contributed by atoms with Crippen LogP contribution in [0.25, 0.3) is 0 Å². The molecule has 0 unspecified atom stereocenters. The molecule has 3 nitrogen and oxygen atoms in total. The molecule has 0 aliphatic carbocycles. The van der Waals surface area contributed by atoms with Gasteiger partial charge in [-0.3, -0.25) is 8.38 Å². The van der Waals surface area contributed by atoms with Crippen LogP contribution < -0.4 is 20.0 Å². The second-order valence-corrected chi connectivity index (χ2v) is 4.12. The van der Waals surface area contributed by atoms with Crippen molar-refractivity contribution in [3.63, 3.8) is 0 Å². The van der Waals surface area contributed by atoms with E-state index in [1.807, 2.05) is 25.1 Å². The van der Waals surface area contributed by atoms with Crippen molar-refractivity contribution in [2.75, 3.05) is 19.0 Å². The molecular weight excluding hydrogens is 185 g/mol. The molecule has 1 aromatic carbocycles. The molecule has 13 heavy (non-hydrogen) atoms. The predicted molar refractivity (Wildman–Crippen MR) is 52.1 cm³/mol. The summed E-state index contributed by atoms with van der Waals surface area (Å²) in [6.45, 7) is 1.80. The number of hydrogen-bond donors (Lipinski definition) is 0. The third kappa shape index (κ3) is 2.41. The van der Waals surface area contributed by atoms with Crippen LogP contribution in [0.15, 0.2) is 18.2 Å². The van der Waals surface area contributed by atoms with E-state index in [0.29, 0.717) is 5.30 Å². The van der Waals surface area contributed by atoms with Crippen LogP contribution in [0.5, 0.6) is 0 Å². The van der Waals surface area contributed by atoms with E-state index >= 15 is 0 Å². The van der Waals surface area contributed by atoms with Gasteiger partial charge in [0.1, 0.15) is 0 Å². The molecule has 0 N–H and O–H groups in total. The van der Waals surface area contributed by atoms with E-state index < -0.39 is 8.38 Å². The van der Waals surface area contributed by atoms with Crippen molar-refractivity contribution in [2.24, 2.45) is 0 Å². The van der Waals surface area contributed by atoms with Crippen LogP contribution >= 0.6 is 8.38 Å². The summed E-state index contributed by atoms with van der Waals surface area (Å²) in [4.78, 5) is 23.4. The summed E-state index contributed by atoms with van der Waals surface area (Å²) < 4.78 is 0.